The molecule has 6 nitrogen and oxygen atoms in total. The zero-order valence-electron chi connectivity index (χ0n) is 19.2. The monoisotopic (exact) mass is 460 g/mol. The van der Waals surface area contributed by atoms with Crippen molar-refractivity contribution in [3.8, 4) is 11.1 Å². The first-order valence-electron chi connectivity index (χ1n) is 11.2. The molecule has 0 atom stereocenters. The van der Waals surface area contributed by atoms with Crippen LogP contribution in [-0.2, 0) is 22.2 Å². The topological polar surface area (TPSA) is 69.0 Å². The minimum Gasteiger partial charge on any atom is -0.414 e. The summed E-state index contributed by atoms with van der Waals surface area (Å²) in [5.74, 6) is 0.515. The van der Waals surface area contributed by atoms with Gasteiger partial charge in [-0.25, -0.2) is 4.98 Å². The first-order valence-corrected chi connectivity index (χ1v) is 14.5. The molecule has 0 saturated heterocycles. The number of nitrogens with one attached hydrogen (secondary N) is 1. The van der Waals surface area contributed by atoms with Gasteiger partial charge >= 0.3 is 0 Å². The third kappa shape index (κ3) is 4.59. The SMILES string of the molecule is CC(C)(C)[Si](C)(C)O[C@H]1C[C@@H](C(=O)Nc2cc(-c3cnn4c3CCCC4)c(Cl)cn2)C1. The Hall–Kier alpha value is -1.70. The molecule has 0 radical (unpaired) electrons. The number of aromatic nitrogens is 3. The molecule has 0 unspecified atom stereocenters. The fourth-order valence-electron chi connectivity index (χ4n) is 4.06. The van der Waals surface area contributed by atoms with E-state index in [1.807, 2.05) is 12.3 Å². The van der Waals surface area contributed by atoms with Crippen molar-refractivity contribution in [2.75, 3.05) is 5.32 Å². The van der Waals surface area contributed by atoms with Crippen molar-refractivity contribution in [1.29, 1.82) is 0 Å². The van der Waals surface area contributed by atoms with Crippen LogP contribution < -0.4 is 5.32 Å². The average Bonchev–Trinajstić information content (AvgIpc) is 3.09. The van der Waals surface area contributed by atoms with E-state index in [1.54, 1.807) is 6.20 Å². The number of rotatable bonds is 5. The van der Waals surface area contributed by atoms with Crippen LogP contribution in [0.3, 0.4) is 0 Å². The molecule has 2 aliphatic rings. The van der Waals surface area contributed by atoms with Gasteiger partial charge in [0.25, 0.3) is 0 Å². The van der Waals surface area contributed by atoms with Crippen molar-refractivity contribution in [3.05, 3.63) is 29.2 Å². The maximum Gasteiger partial charge on any atom is 0.228 e. The number of pyridine rings is 1. The van der Waals surface area contributed by atoms with E-state index < -0.39 is 8.32 Å². The molecule has 0 spiro atoms. The molecule has 1 fully saturated rings. The van der Waals surface area contributed by atoms with Crippen molar-refractivity contribution < 1.29 is 9.22 Å². The van der Waals surface area contributed by atoms with Gasteiger partial charge in [-0.05, 0) is 56.3 Å². The lowest BCUT2D eigenvalue weighted by Gasteiger charge is -2.44. The smallest absolute Gasteiger partial charge is 0.228 e. The van der Waals surface area contributed by atoms with Crippen molar-refractivity contribution in [1.82, 2.24) is 14.8 Å². The predicted octanol–water partition coefficient (Wildman–Crippen LogP) is 5.67. The Morgan fingerprint density at radius 2 is 1.97 bits per heavy atom. The van der Waals surface area contributed by atoms with E-state index >= 15 is 0 Å². The van der Waals surface area contributed by atoms with E-state index in [0.29, 0.717) is 10.8 Å². The Morgan fingerprint density at radius 3 is 2.68 bits per heavy atom. The van der Waals surface area contributed by atoms with Crippen molar-refractivity contribution in [3.63, 3.8) is 0 Å². The third-order valence-corrected chi connectivity index (χ3v) is 11.9. The van der Waals surface area contributed by atoms with E-state index in [1.165, 1.54) is 5.69 Å². The van der Waals surface area contributed by atoms with Crippen LogP contribution in [0.5, 0.6) is 0 Å². The van der Waals surface area contributed by atoms with Gasteiger partial charge in [0.15, 0.2) is 8.32 Å². The highest BCUT2D eigenvalue weighted by Gasteiger charge is 2.44. The number of aryl methyl sites for hydroxylation is 1. The summed E-state index contributed by atoms with van der Waals surface area (Å²) < 4.78 is 8.48. The minimum atomic E-state index is -1.80. The first-order chi connectivity index (χ1) is 14.5. The summed E-state index contributed by atoms with van der Waals surface area (Å²) in [4.78, 5) is 17.1. The van der Waals surface area contributed by atoms with Crippen LogP contribution in [-0.4, -0.2) is 35.1 Å². The Labute approximate surface area is 190 Å². The van der Waals surface area contributed by atoms with Gasteiger partial charge in [-0.2, -0.15) is 5.10 Å². The zero-order valence-corrected chi connectivity index (χ0v) is 20.9. The molecular formula is C23H33ClN4O2Si. The van der Waals surface area contributed by atoms with Crippen LogP contribution in [0.1, 0.15) is 52.1 Å². The molecular weight excluding hydrogens is 428 g/mol. The summed E-state index contributed by atoms with van der Waals surface area (Å²) in [6.45, 7) is 12.2. The maximum absolute atomic E-state index is 12.8. The lowest BCUT2D eigenvalue weighted by Crippen LogP contribution is -2.49. The first kappa shape index (κ1) is 22.5. The van der Waals surface area contributed by atoms with Crippen LogP contribution >= 0.6 is 11.6 Å². The Bertz CT molecular complexity index is 976. The van der Waals surface area contributed by atoms with Gasteiger partial charge in [0.05, 0.1) is 11.2 Å². The van der Waals surface area contributed by atoms with Crippen LogP contribution in [0.15, 0.2) is 18.5 Å². The molecule has 2 aromatic heterocycles. The lowest BCUT2D eigenvalue weighted by molar-refractivity contribution is -0.125. The Morgan fingerprint density at radius 1 is 1.23 bits per heavy atom. The largest absolute Gasteiger partial charge is 0.414 e. The molecule has 1 N–H and O–H groups in total. The number of hydrogen-bond acceptors (Lipinski definition) is 4. The van der Waals surface area contributed by atoms with E-state index in [2.05, 4.69) is 53.9 Å². The van der Waals surface area contributed by atoms with Crippen molar-refractivity contribution >= 4 is 31.6 Å². The summed E-state index contributed by atoms with van der Waals surface area (Å²) in [5.41, 5.74) is 3.12. The Balaban J connectivity index is 1.40. The van der Waals surface area contributed by atoms with Crippen LogP contribution in [0.4, 0.5) is 5.82 Å². The molecule has 1 saturated carbocycles. The Kier molecular flexibility index (Phi) is 6.05. The highest BCUT2D eigenvalue weighted by atomic mass is 35.5. The average molecular weight is 461 g/mol. The molecule has 31 heavy (non-hydrogen) atoms. The zero-order chi connectivity index (χ0) is 22.4. The lowest BCUT2D eigenvalue weighted by atomic mass is 9.82. The molecule has 8 heteroatoms. The second-order valence-corrected chi connectivity index (χ2v) is 15.6. The van der Waals surface area contributed by atoms with Crippen LogP contribution in [0.2, 0.25) is 23.2 Å². The van der Waals surface area contributed by atoms with Gasteiger partial charge in [0.1, 0.15) is 5.82 Å². The van der Waals surface area contributed by atoms with Gasteiger partial charge in [-0.1, -0.05) is 32.4 Å². The second kappa shape index (κ2) is 8.33. The minimum absolute atomic E-state index is 0.00730. The number of carbonyl (C=O) groups excluding carboxylic acids is 1. The summed E-state index contributed by atoms with van der Waals surface area (Å²) in [7, 11) is -1.80. The molecule has 1 aliphatic carbocycles. The molecule has 3 heterocycles. The fourth-order valence-corrected chi connectivity index (χ4v) is 5.64. The number of fused-ring (bicyclic) bond motifs is 1. The normalized spacial score (nSPS) is 21.4. The van der Waals surface area contributed by atoms with Gasteiger partial charge in [0.2, 0.25) is 5.91 Å². The second-order valence-electron chi connectivity index (χ2n) is 10.4. The number of carbonyl (C=O) groups is 1. The van der Waals surface area contributed by atoms with Gasteiger partial charge in [-0.15, -0.1) is 0 Å². The standard InChI is InChI=1S/C23H33ClN4O2Si/c1-23(2,3)31(4,5)30-16-10-15(11-16)22(29)27-21-12-17(19(24)14-25-21)18-13-26-28-9-7-6-8-20(18)28/h12-16H,6-11H2,1-5H3,(H,25,27,29)/t15-,16+. The number of hydrogen-bond donors (Lipinski definition) is 1. The van der Waals surface area contributed by atoms with Gasteiger partial charge in [0, 0.05) is 41.6 Å². The molecule has 168 valence electrons. The molecule has 0 bridgehead atoms. The quantitative estimate of drug-likeness (QED) is 0.583. The summed E-state index contributed by atoms with van der Waals surface area (Å²) >= 11 is 6.46. The summed E-state index contributed by atoms with van der Waals surface area (Å²) in [6.07, 6.45) is 8.53. The molecule has 1 aliphatic heterocycles. The van der Waals surface area contributed by atoms with E-state index in [0.717, 1.165) is 49.8 Å². The number of anilines is 1. The van der Waals surface area contributed by atoms with Gasteiger partial charge in [-0.3, -0.25) is 9.48 Å². The summed E-state index contributed by atoms with van der Waals surface area (Å²) in [5, 5.41) is 8.25. The molecule has 0 aromatic carbocycles. The van der Waals surface area contributed by atoms with Crippen LogP contribution in [0.25, 0.3) is 11.1 Å². The van der Waals surface area contributed by atoms with Gasteiger partial charge < -0.3 is 9.74 Å². The number of halogens is 1. The molecule has 1 amide bonds. The highest BCUT2D eigenvalue weighted by molar-refractivity contribution is 6.74. The summed E-state index contributed by atoms with van der Waals surface area (Å²) in [6, 6.07) is 1.87. The van der Waals surface area contributed by atoms with Crippen LogP contribution in [0, 0.1) is 5.92 Å². The number of amides is 1. The van der Waals surface area contributed by atoms with Crippen molar-refractivity contribution in [2.24, 2.45) is 5.92 Å². The van der Waals surface area contributed by atoms with E-state index in [4.69, 9.17) is 16.0 Å². The van der Waals surface area contributed by atoms with E-state index in [9.17, 15) is 4.79 Å². The maximum atomic E-state index is 12.8. The molecule has 4 rings (SSSR count). The third-order valence-electron chi connectivity index (χ3n) is 7.11. The van der Waals surface area contributed by atoms with E-state index in [-0.39, 0.29) is 23.0 Å². The van der Waals surface area contributed by atoms with Crippen molar-refractivity contribution in [2.45, 2.75) is 83.7 Å². The highest BCUT2D eigenvalue weighted by Crippen LogP contribution is 2.42. The fraction of sp³-hybridized carbons (Fsp3) is 0.609. The molecule has 2 aromatic rings. The number of nitrogens with zero attached hydrogens (tertiary/aromatic N) is 3. The predicted molar refractivity (Wildman–Crippen MR) is 127 cm³/mol.